The first-order valence-corrected chi connectivity index (χ1v) is 9.85. The molecule has 1 aliphatic rings. The third-order valence-corrected chi connectivity index (χ3v) is 6.21. The van der Waals surface area contributed by atoms with Gasteiger partial charge in [-0.05, 0) is 5.56 Å². The number of benzene rings is 1. The number of methoxy groups -OCH3 is 1. The van der Waals surface area contributed by atoms with E-state index in [1.165, 1.54) is 21.4 Å². The van der Waals surface area contributed by atoms with Crippen molar-refractivity contribution in [3.8, 4) is 0 Å². The van der Waals surface area contributed by atoms with E-state index < -0.39 is 0 Å². The van der Waals surface area contributed by atoms with Crippen molar-refractivity contribution in [1.82, 2.24) is 19.5 Å². The molecule has 1 aromatic carbocycles. The zero-order chi connectivity index (χ0) is 18.1. The number of thioether (sulfide) groups is 1. The van der Waals surface area contributed by atoms with Crippen molar-refractivity contribution in [3.05, 3.63) is 57.5 Å². The summed E-state index contributed by atoms with van der Waals surface area (Å²) < 4.78 is 7.08. The van der Waals surface area contributed by atoms with E-state index in [-0.39, 0.29) is 23.7 Å². The SMILES string of the molecule is COCCN1Cc2c(nc3sc(SCc4ccccc4)nn3c2=O)C1=O. The highest BCUT2D eigenvalue weighted by atomic mass is 32.2. The van der Waals surface area contributed by atoms with Crippen LogP contribution in [-0.4, -0.2) is 45.7 Å². The molecule has 26 heavy (non-hydrogen) atoms. The number of hydrogen-bond donors (Lipinski definition) is 0. The number of fused-ring (bicyclic) bond motifs is 2. The standard InChI is InChI=1S/C17H16N4O3S2/c1-24-8-7-20-9-12-13(15(20)23)18-16-21(14(12)22)19-17(26-16)25-10-11-5-3-2-4-6-11/h2-6H,7-10H2,1H3. The van der Waals surface area contributed by atoms with Crippen molar-refractivity contribution >= 4 is 34.0 Å². The largest absolute Gasteiger partial charge is 0.383 e. The highest BCUT2D eigenvalue weighted by Gasteiger charge is 2.32. The number of hydrogen-bond acceptors (Lipinski definition) is 7. The Hall–Kier alpha value is -2.23. The molecule has 0 saturated heterocycles. The average Bonchev–Trinajstić information content (AvgIpc) is 3.21. The molecule has 7 nitrogen and oxygen atoms in total. The summed E-state index contributed by atoms with van der Waals surface area (Å²) in [5, 5.41) is 4.39. The molecule has 1 amide bonds. The minimum Gasteiger partial charge on any atom is -0.383 e. The van der Waals surface area contributed by atoms with Crippen molar-refractivity contribution in [2.75, 3.05) is 20.3 Å². The van der Waals surface area contributed by atoms with Gasteiger partial charge in [0.05, 0.1) is 18.7 Å². The summed E-state index contributed by atoms with van der Waals surface area (Å²) in [4.78, 5) is 31.6. The molecule has 0 N–H and O–H groups in total. The summed E-state index contributed by atoms with van der Waals surface area (Å²) in [5.74, 6) is 0.544. The summed E-state index contributed by atoms with van der Waals surface area (Å²) in [6.07, 6.45) is 0. The van der Waals surface area contributed by atoms with Crippen LogP contribution in [0.5, 0.6) is 0 Å². The lowest BCUT2D eigenvalue weighted by Gasteiger charge is -2.13. The van der Waals surface area contributed by atoms with E-state index in [1.54, 1.807) is 23.8 Å². The van der Waals surface area contributed by atoms with Gasteiger partial charge in [0.25, 0.3) is 11.5 Å². The van der Waals surface area contributed by atoms with Crippen LogP contribution >= 0.6 is 23.1 Å². The molecule has 9 heteroatoms. The molecule has 134 valence electrons. The second kappa shape index (κ2) is 7.18. The van der Waals surface area contributed by atoms with Gasteiger partial charge in [0.1, 0.15) is 5.69 Å². The van der Waals surface area contributed by atoms with Crippen LogP contribution in [0.25, 0.3) is 4.96 Å². The number of nitrogens with zero attached hydrogens (tertiary/aromatic N) is 4. The van der Waals surface area contributed by atoms with E-state index in [4.69, 9.17) is 4.74 Å². The van der Waals surface area contributed by atoms with E-state index in [0.717, 1.165) is 10.1 Å². The smallest absolute Gasteiger partial charge is 0.281 e. The van der Waals surface area contributed by atoms with Crippen LogP contribution in [0.2, 0.25) is 0 Å². The molecule has 3 heterocycles. The molecule has 3 aromatic rings. The molecule has 0 atom stereocenters. The minimum absolute atomic E-state index is 0.219. The summed E-state index contributed by atoms with van der Waals surface area (Å²) >= 11 is 2.88. The first-order chi connectivity index (χ1) is 12.7. The number of amides is 1. The van der Waals surface area contributed by atoms with Gasteiger partial charge in [-0.1, -0.05) is 53.4 Å². The summed E-state index contributed by atoms with van der Waals surface area (Å²) in [6.45, 7) is 1.12. The van der Waals surface area contributed by atoms with Gasteiger partial charge in [-0.15, -0.1) is 5.10 Å². The zero-order valence-electron chi connectivity index (χ0n) is 14.0. The minimum atomic E-state index is -0.263. The maximum atomic E-state index is 12.7. The van der Waals surface area contributed by atoms with Crippen molar-refractivity contribution < 1.29 is 9.53 Å². The summed E-state index contributed by atoms with van der Waals surface area (Å²) in [7, 11) is 1.58. The first kappa shape index (κ1) is 17.2. The van der Waals surface area contributed by atoms with Crippen LogP contribution in [0.4, 0.5) is 0 Å². The third-order valence-electron chi connectivity index (χ3n) is 4.09. The first-order valence-electron chi connectivity index (χ1n) is 8.05. The number of aromatic nitrogens is 3. The fourth-order valence-electron chi connectivity index (χ4n) is 2.75. The fourth-order valence-corrected chi connectivity index (χ4v) is 4.64. The van der Waals surface area contributed by atoms with Crippen molar-refractivity contribution in [2.45, 2.75) is 16.6 Å². The van der Waals surface area contributed by atoms with Gasteiger partial charge >= 0.3 is 0 Å². The van der Waals surface area contributed by atoms with E-state index in [2.05, 4.69) is 10.1 Å². The van der Waals surface area contributed by atoms with Crippen LogP contribution in [-0.2, 0) is 17.0 Å². The molecule has 1 aliphatic heterocycles. The maximum absolute atomic E-state index is 12.7. The van der Waals surface area contributed by atoms with E-state index in [1.807, 2.05) is 30.3 Å². The summed E-state index contributed by atoms with van der Waals surface area (Å²) in [5.41, 5.74) is 1.58. The maximum Gasteiger partial charge on any atom is 0.281 e. The predicted molar refractivity (Wildman–Crippen MR) is 99.8 cm³/mol. The van der Waals surface area contributed by atoms with E-state index >= 15 is 0 Å². The normalized spacial score (nSPS) is 13.6. The molecule has 0 spiro atoms. The Labute approximate surface area is 157 Å². The second-order valence-corrected chi connectivity index (χ2v) is 7.98. The van der Waals surface area contributed by atoms with Gasteiger partial charge in [0, 0.05) is 19.4 Å². The van der Waals surface area contributed by atoms with Crippen molar-refractivity contribution in [1.29, 1.82) is 0 Å². The number of carbonyl (C=O) groups is 1. The van der Waals surface area contributed by atoms with Gasteiger partial charge in [0.15, 0.2) is 4.34 Å². The molecule has 0 bridgehead atoms. The van der Waals surface area contributed by atoms with Gasteiger partial charge in [-0.3, -0.25) is 9.59 Å². The third kappa shape index (κ3) is 3.13. The molecule has 0 radical (unpaired) electrons. The molecule has 0 unspecified atom stereocenters. The Balaban J connectivity index is 1.60. The molecule has 0 aliphatic carbocycles. The monoisotopic (exact) mass is 388 g/mol. The Kier molecular flexibility index (Phi) is 4.75. The van der Waals surface area contributed by atoms with Crippen molar-refractivity contribution in [2.24, 2.45) is 0 Å². The lowest BCUT2D eigenvalue weighted by atomic mass is 10.2. The Bertz CT molecular complexity index is 1020. The zero-order valence-corrected chi connectivity index (χ0v) is 15.7. The van der Waals surface area contributed by atoms with Gasteiger partial charge in [-0.25, -0.2) is 4.98 Å². The lowest BCUT2D eigenvalue weighted by Crippen LogP contribution is -2.28. The molecule has 2 aromatic heterocycles. The van der Waals surface area contributed by atoms with Crippen LogP contribution < -0.4 is 5.56 Å². The van der Waals surface area contributed by atoms with Gasteiger partial charge in [0.2, 0.25) is 4.96 Å². The molecule has 0 saturated carbocycles. The second-order valence-electron chi connectivity index (χ2n) is 5.80. The number of ether oxygens (including phenoxy) is 1. The lowest BCUT2D eigenvalue weighted by molar-refractivity contribution is 0.0715. The highest BCUT2D eigenvalue weighted by Crippen LogP contribution is 2.28. The van der Waals surface area contributed by atoms with Crippen molar-refractivity contribution in [3.63, 3.8) is 0 Å². The Morgan fingerprint density at radius 2 is 2.08 bits per heavy atom. The van der Waals surface area contributed by atoms with Crippen LogP contribution in [0.1, 0.15) is 21.6 Å². The van der Waals surface area contributed by atoms with Crippen LogP contribution in [0.3, 0.4) is 0 Å². The fraction of sp³-hybridized carbons (Fsp3) is 0.294. The molecular formula is C17H16N4O3S2. The predicted octanol–water partition coefficient (Wildman–Crippen LogP) is 2.05. The summed E-state index contributed by atoms with van der Waals surface area (Å²) in [6, 6.07) is 10.1. The van der Waals surface area contributed by atoms with Crippen LogP contribution in [0, 0.1) is 0 Å². The van der Waals surface area contributed by atoms with Gasteiger partial charge in [-0.2, -0.15) is 4.52 Å². The highest BCUT2D eigenvalue weighted by molar-refractivity contribution is 8.00. The number of rotatable bonds is 6. The molecule has 4 rings (SSSR count). The molecular weight excluding hydrogens is 372 g/mol. The Morgan fingerprint density at radius 1 is 1.27 bits per heavy atom. The topological polar surface area (TPSA) is 76.8 Å². The van der Waals surface area contributed by atoms with E-state index in [9.17, 15) is 9.59 Å². The Morgan fingerprint density at radius 3 is 2.85 bits per heavy atom. The quantitative estimate of drug-likeness (QED) is 0.602. The number of carbonyl (C=O) groups excluding carboxylic acids is 1. The van der Waals surface area contributed by atoms with Gasteiger partial charge < -0.3 is 9.64 Å². The molecule has 0 fully saturated rings. The van der Waals surface area contributed by atoms with Crippen LogP contribution in [0.15, 0.2) is 39.5 Å². The average molecular weight is 388 g/mol. The van der Waals surface area contributed by atoms with E-state index in [0.29, 0.717) is 23.7 Å².